The number of fused-ring (bicyclic) bond motifs is 1. The fraction of sp³-hybridized carbons (Fsp3) is 0.300. The van der Waals surface area contributed by atoms with Gasteiger partial charge in [0.15, 0.2) is 5.78 Å². The van der Waals surface area contributed by atoms with Crippen molar-refractivity contribution in [2.24, 2.45) is 0 Å². The quantitative estimate of drug-likeness (QED) is 0.755. The Hall–Kier alpha value is -0.830. The van der Waals surface area contributed by atoms with E-state index in [1.54, 1.807) is 7.11 Å². The van der Waals surface area contributed by atoms with Crippen molar-refractivity contribution < 1.29 is 9.53 Å². The molecule has 0 aromatic heterocycles. The van der Waals surface area contributed by atoms with Crippen molar-refractivity contribution in [2.45, 2.75) is 12.8 Å². The first kappa shape index (κ1) is 8.75. The Kier molecular flexibility index (Phi) is 2.12. The third-order valence-electron chi connectivity index (χ3n) is 2.28. The predicted molar refractivity (Wildman–Crippen MR) is 53.3 cm³/mol. The maximum absolute atomic E-state index is 11.4. The van der Waals surface area contributed by atoms with Gasteiger partial charge in [-0.2, -0.15) is 0 Å². The summed E-state index contributed by atoms with van der Waals surface area (Å²) >= 11 is 3.38. The highest BCUT2D eigenvalue weighted by Crippen LogP contribution is 2.32. The number of halogens is 1. The van der Waals surface area contributed by atoms with Gasteiger partial charge in [0.25, 0.3) is 0 Å². The van der Waals surface area contributed by atoms with Crippen LogP contribution >= 0.6 is 15.9 Å². The van der Waals surface area contributed by atoms with Crippen LogP contribution in [0.1, 0.15) is 22.3 Å². The lowest BCUT2D eigenvalue weighted by Crippen LogP contribution is -1.94. The number of carbonyl (C=O) groups is 1. The summed E-state index contributed by atoms with van der Waals surface area (Å²) in [5.41, 5.74) is 1.93. The molecule has 3 heteroatoms. The minimum Gasteiger partial charge on any atom is -0.497 e. The molecule has 0 amide bonds. The fourth-order valence-electron chi connectivity index (χ4n) is 1.64. The molecule has 13 heavy (non-hydrogen) atoms. The van der Waals surface area contributed by atoms with Gasteiger partial charge in [-0.25, -0.2) is 0 Å². The van der Waals surface area contributed by atoms with E-state index in [2.05, 4.69) is 15.9 Å². The second-order valence-electron chi connectivity index (χ2n) is 3.07. The van der Waals surface area contributed by atoms with Gasteiger partial charge in [-0.05, 0) is 40.0 Å². The van der Waals surface area contributed by atoms with Gasteiger partial charge >= 0.3 is 0 Å². The van der Waals surface area contributed by atoms with Crippen molar-refractivity contribution >= 4 is 21.7 Å². The summed E-state index contributed by atoms with van der Waals surface area (Å²) in [5.74, 6) is 1.03. The van der Waals surface area contributed by atoms with E-state index < -0.39 is 0 Å². The van der Waals surface area contributed by atoms with Crippen LogP contribution in [0.25, 0.3) is 0 Å². The van der Waals surface area contributed by atoms with E-state index in [1.165, 1.54) is 0 Å². The topological polar surface area (TPSA) is 26.3 Å². The number of benzene rings is 1. The molecule has 1 aromatic rings. The van der Waals surface area contributed by atoms with Crippen LogP contribution in [0.15, 0.2) is 16.6 Å². The molecule has 0 unspecified atom stereocenters. The second kappa shape index (κ2) is 3.14. The van der Waals surface area contributed by atoms with E-state index in [9.17, 15) is 4.79 Å². The molecule has 1 aliphatic rings. The molecule has 0 saturated carbocycles. The van der Waals surface area contributed by atoms with Crippen LogP contribution in [-0.4, -0.2) is 12.9 Å². The van der Waals surface area contributed by atoms with Gasteiger partial charge in [0.2, 0.25) is 0 Å². The molecule has 0 saturated heterocycles. The molecule has 2 rings (SSSR count). The van der Waals surface area contributed by atoms with Gasteiger partial charge in [0.05, 0.1) is 7.11 Å². The van der Waals surface area contributed by atoms with Gasteiger partial charge in [-0.1, -0.05) is 0 Å². The lowest BCUT2D eigenvalue weighted by atomic mass is 10.1. The number of ketones is 1. The summed E-state index contributed by atoms with van der Waals surface area (Å²) in [6.07, 6.45) is 1.46. The van der Waals surface area contributed by atoms with Crippen molar-refractivity contribution in [3.05, 3.63) is 27.7 Å². The highest BCUT2D eigenvalue weighted by Gasteiger charge is 2.22. The highest BCUT2D eigenvalue weighted by molar-refractivity contribution is 9.10. The van der Waals surface area contributed by atoms with Crippen LogP contribution in [0.4, 0.5) is 0 Å². The second-order valence-corrected chi connectivity index (χ2v) is 3.92. The first-order chi connectivity index (χ1) is 6.22. The Morgan fingerprint density at radius 1 is 1.38 bits per heavy atom. The van der Waals surface area contributed by atoms with Crippen LogP contribution in [-0.2, 0) is 6.42 Å². The largest absolute Gasteiger partial charge is 0.497 e. The summed E-state index contributed by atoms with van der Waals surface area (Å²) in [6, 6.07) is 3.77. The van der Waals surface area contributed by atoms with Crippen LogP contribution in [0.5, 0.6) is 5.75 Å². The lowest BCUT2D eigenvalue weighted by molar-refractivity contribution is 0.0994. The summed E-state index contributed by atoms with van der Waals surface area (Å²) in [5, 5.41) is 0. The smallest absolute Gasteiger partial charge is 0.164 e. The normalized spacial score (nSPS) is 14.5. The molecule has 1 aliphatic carbocycles. The Labute approximate surface area is 85.0 Å². The van der Waals surface area contributed by atoms with Crippen LogP contribution in [0.3, 0.4) is 0 Å². The minimum absolute atomic E-state index is 0.226. The minimum atomic E-state index is 0.226. The van der Waals surface area contributed by atoms with Gasteiger partial charge in [-0.3, -0.25) is 4.79 Å². The SMILES string of the molecule is COc1cc(Br)c2c(c1)CCC2=O. The van der Waals surface area contributed by atoms with Gasteiger partial charge in [-0.15, -0.1) is 0 Å². The number of carbonyl (C=O) groups excluding carboxylic acids is 1. The monoisotopic (exact) mass is 240 g/mol. The number of Topliss-reactive ketones (excluding diaryl/α,β-unsaturated/α-hetero) is 1. The van der Waals surface area contributed by atoms with Crippen molar-refractivity contribution in [3.8, 4) is 5.75 Å². The summed E-state index contributed by atoms with van der Waals surface area (Å²) in [6.45, 7) is 0. The lowest BCUT2D eigenvalue weighted by Gasteiger charge is -2.05. The Morgan fingerprint density at radius 2 is 2.15 bits per heavy atom. The third kappa shape index (κ3) is 1.37. The average molecular weight is 241 g/mol. The zero-order valence-electron chi connectivity index (χ0n) is 7.26. The molecule has 0 atom stereocenters. The van der Waals surface area contributed by atoms with Crippen molar-refractivity contribution in [3.63, 3.8) is 0 Å². The predicted octanol–water partition coefficient (Wildman–Crippen LogP) is 2.59. The van der Waals surface area contributed by atoms with E-state index in [0.717, 1.165) is 27.8 Å². The summed E-state index contributed by atoms with van der Waals surface area (Å²) in [4.78, 5) is 11.4. The number of hydrogen-bond acceptors (Lipinski definition) is 2. The molecule has 0 radical (unpaired) electrons. The Bertz CT molecular complexity index is 371. The maximum atomic E-state index is 11.4. The van der Waals surface area contributed by atoms with Crippen molar-refractivity contribution in [1.29, 1.82) is 0 Å². The molecule has 0 fully saturated rings. The van der Waals surface area contributed by atoms with E-state index in [1.807, 2.05) is 12.1 Å². The van der Waals surface area contributed by atoms with Gasteiger partial charge < -0.3 is 4.74 Å². The number of rotatable bonds is 1. The highest BCUT2D eigenvalue weighted by atomic mass is 79.9. The van der Waals surface area contributed by atoms with Crippen LogP contribution in [0.2, 0.25) is 0 Å². The standard InChI is InChI=1S/C10H9BrO2/c1-13-7-4-6-2-3-9(12)10(6)8(11)5-7/h4-5H,2-3H2,1H3. The number of aryl methyl sites for hydroxylation is 1. The Morgan fingerprint density at radius 3 is 2.85 bits per heavy atom. The van der Waals surface area contributed by atoms with E-state index in [0.29, 0.717) is 6.42 Å². The number of methoxy groups -OCH3 is 1. The van der Waals surface area contributed by atoms with Gasteiger partial charge in [0, 0.05) is 16.5 Å². The Balaban J connectivity index is 2.59. The third-order valence-corrected chi connectivity index (χ3v) is 2.91. The molecule has 0 bridgehead atoms. The first-order valence-corrected chi connectivity index (χ1v) is 4.91. The van der Waals surface area contributed by atoms with Crippen LogP contribution in [0, 0.1) is 0 Å². The molecular weight excluding hydrogens is 232 g/mol. The van der Waals surface area contributed by atoms with Crippen molar-refractivity contribution in [2.75, 3.05) is 7.11 Å². The number of hydrogen-bond donors (Lipinski definition) is 0. The first-order valence-electron chi connectivity index (χ1n) is 4.12. The van der Waals surface area contributed by atoms with Crippen molar-refractivity contribution in [1.82, 2.24) is 0 Å². The maximum Gasteiger partial charge on any atom is 0.164 e. The zero-order valence-corrected chi connectivity index (χ0v) is 8.85. The average Bonchev–Trinajstić information content (AvgIpc) is 2.48. The molecule has 68 valence electrons. The summed E-state index contributed by atoms with van der Waals surface area (Å²) in [7, 11) is 1.63. The van der Waals surface area contributed by atoms with Gasteiger partial charge in [0.1, 0.15) is 5.75 Å². The zero-order chi connectivity index (χ0) is 9.42. The molecule has 0 spiro atoms. The molecule has 0 N–H and O–H groups in total. The molecule has 0 heterocycles. The molecule has 2 nitrogen and oxygen atoms in total. The molecular formula is C10H9BrO2. The fourth-order valence-corrected chi connectivity index (χ4v) is 2.34. The van der Waals surface area contributed by atoms with E-state index in [4.69, 9.17) is 4.74 Å². The summed E-state index contributed by atoms with van der Waals surface area (Å²) < 4.78 is 5.97. The van der Waals surface area contributed by atoms with E-state index in [-0.39, 0.29) is 5.78 Å². The molecule has 1 aromatic carbocycles. The molecule has 0 aliphatic heterocycles. The van der Waals surface area contributed by atoms with E-state index >= 15 is 0 Å². The number of ether oxygens (including phenoxy) is 1. The van der Waals surface area contributed by atoms with Crippen LogP contribution < -0.4 is 4.74 Å².